The van der Waals surface area contributed by atoms with Crippen LogP contribution in [0.1, 0.15) is 25.3 Å². The molecule has 0 radical (unpaired) electrons. The van der Waals surface area contributed by atoms with Crippen LogP contribution < -0.4 is 4.90 Å². The topological polar surface area (TPSA) is 114 Å². The minimum atomic E-state index is -1.42. The van der Waals surface area contributed by atoms with E-state index in [9.17, 15) is 14.4 Å². The van der Waals surface area contributed by atoms with Crippen molar-refractivity contribution in [1.82, 2.24) is 9.88 Å². The number of thiazole rings is 1. The third-order valence-corrected chi connectivity index (χ3v) is 6.39. The first-order chi connectivity index (χ1) is 18.1. The highest BCUT2D eigenvalue weighted by molar-refractivity contribution is 7.13. The lowest BCUT2D eigenvalue weighted by atomic mass is 10.2. The van der Waals surface area contributed by atoms with Crippen molar-refractivity contribution in [2.24, 2.45) is 10.2 Å². The summed E-state index contributed by atoms with van der Waals surface area (Å²) in [7, 11) is 0. The molecule has 2 unspecified atom stereocenters. The second-order valence-corrected chi connectivity index (χ2v) is 8.96. The number of likely N-dealkylation sites (tertiary alicyclic amines) is 1. The summed E-state index contributed by atoms with van der Waals surface area (Å²) in [6.07, 6.45) is 0.529. The normalized spacial score (nSPS) is 15.9. The van der Waals surface area contributed by atoms with Crippen molar-refractivity contribution in [3.05, 3.63) is 77.8 Å². The maximum atomic E-state index is 13.9. The van der Waals surface area contributed by atoms with Crippen molar-refractivity contribution in [2.75, 3.05) is 18.1 Å². The largest absolute Gasteiger partial charge is 0.463 e. The van der Waals surface area contributed by atoms with E-state index >= 15 is 0 Å². The average Bonchev–Trinajstić information content (AvgIpc) is 3.63. The highest BCUT2D eigenvalue weighted by Gasteiger charge is 2.43. The average molecular weight is 522 g/mol. The molecule has 2 amide bonds. The van der Waals surface area contributed by atoms with E-state index in [0.29, 0.717) is 25.1 Å². The number of hydrogen-bond donors (Lipinski definition) is 0. The van der Waals surface area contributed by atoms with Gasteiger partial charge in [-0.3, -0.25) is 14.6 Å². The summed E-state index contributed by atoms with van der Waals surface area (Å²) >= 11 is 1.17. The summed E-state index contributed by atoms with van der Waals surface area (Å²) in [6, 6.07) is 17.3. The molecule has 0 saturated carbocycles. The van der Waals surface area contributed by atoms with E-state index in [1.54, 1.807) is 36.6 Å². The lowest BCUT2D eigenvalue weighted by Crippen LogP contribution is -2.53. The Kier molecular flexibility index (Phi) is 8.93. The van der Waals surface area contributed by atoms with Gasteiger partial charge in [-0.2, -0.15) is 10.2 Å². The van der Waals surface area contributed by atoms with E-state index in [1.807, 2.05) is 36.4 Å². The molecule has 2 atom stereocenters. The monoisotopic (exact) mass is 521 g/mol. The SMILES string of the molecule is CCOC(=O)C(N=Nc1ccccc1)N(C(=O)C1CCCN1C(=O)OCc1ccccc1)c1nccs1. The van der Waals surface area contributed by atoms with Gasteiger partial charge in [-0.1, -0.05) is 48.5 Å². The van der Waals surface area contributed by atoms with Gasteiger partial charge in [-0.15, -0.1) is 11.3 Å². The first-order valence-electron chi connectivity index (χ1n) is 11.9. The highest BCUT2D eigenvalue weighted by atomic mass is 32.1. The van der Waals surface area contributed by atoms with Crippen molar-refractivity contribution in [3.63, 3.8) is 0 Å². The number of nitrogens with zero attached hydrogens (tertiary/aromatic N) is 5. The molecule has 3 aromatic rings. The maximum absolute atomic E-state index is 13.9. The fourth-order valence-electron chi connectivity index (χ4n) is 3.90. The van der Waals surface area contributed by atoms with E-state index < -0.39 is 30.2 Å². The Labute approximate surface area is 218 Å². The summed E-state index contributed by atoms with van der Waals surface area (Å²) in [4.78, 5) is 46.7. The molecule has 37 heavy (non-hydrogen) atoms. The summed E-state index contributed by atoms with van der Waals surface area (Å²) < 4.78 is 10.7. The van der Waals surface area contributed by atoms with Crippen LogP contribution in [0.15, 0.2) is 82.5 Å². The molecule has 1 aliphatic rings. The van der Waals surface area contributed by atoms with Gasteiger partial charge in [0.25, 0.3) is 5.91 Å². The van der Waals surface area contributed by atoms with Crippen LogP contribution in [0.25, 0.3) is 0 Å². The highest BCUT2D eigenvalue weighted by Crippen LogP contribution is 2.28. The predicted molar refractivity (Wildman–Crippen MR) is 137 cm³/mol. The first-order valence-corrected chi connectivity index (χ1v) is 12.8. The van der Waals surface area contributed by atoms with Crippen molar-refractivity contribution in [1.29, 1.82) is 0 Å². The van der Waals surface area contributed by atoms with Gasteiger partial charge < -0.3 is 9.47 Å². The van der Waals surface area contributed by atoms with Crippen molar-refractivity contribution in [3.8, 4) is 0 Å². The Hall–Kier alpha value is -4.12. The molecule has 1 aliphatic heterocycles. The van der Waals surface area contributed by atoms with E-state index in [0.717, 1.165) is 5.56 Å². The zero-order valence-corrected chi connectivity index (χ0v) is 21.1. The van der Waals surface area contributed by atoms with E-state index in [4.69, 9.17) is 9.47 Å². The summed E-state index contributed by atoms with van der Waals surface area (Å²) in [5.74, 6) is -1.25. The molecule has 2 aromatic carbocycles. The number of hydrogen-bond acceptors (Lipinski definition) is 9. The molecule has 1 fully saturated rings. The van der Waals surface area contributed by atoms with Gasteiger partial charge in [-0.05, 0) is 37.5 Å². The molecule has 1 aromatic heterocycles. The van der Waals surface area contributed by atoms with E-state index in [-0.39, 0.29) is 18.3 Å². The smallest absolute Gasteiger partial charge is 0.410 e. The standard InChI is InChI=1S/C26H27N5O5S/c1-2-35-24(33)22(29-28-20-12-7-4-8-13-20)31(25-27-15-17-37-25)23(32)21-14-9-16-30(21)26(34)36-18-19-10-5-3-6-11-19/h3-8,10-13,15,17,21-22H,2,9,14,16,18H2,1H3. The second kappa shape index (κ2) is 12.7. The minimum Gasteiger partial charge on any atom is -0.463 e. The molecular weight excluding hydrogens is 494 g/mol. The molecule has 0 bridgehead atoms. The van der Waals surface area contributed by atoms with Gasteiger partial charge in [0.15, 0.2) is 5.13 Å². The van der Waals surface area contributed by atoms with Gasteiger partial charge in [0, 0.05) is 18.1 Å². The zero-order valence-electron chi connectivity index (χ0n) is 20.3. The Morgan fingerprint density at radius 1 is 1.11 bits per heavy atom. The van der Waals surface area contributed by atoms with Crippen molar-refractivity contribution in [2.45, 2.75) is 38.6 Å². The molecular formula is C26H27N5O5S. The van der Waals surface area contributed by atoms with Crippen LogP contribution in [0.3, 0.4) is 0 Å². The quantitative estimate of drug-likeness (QED) is 0.291. The van der Waals surface area contributed by atoms with Gasteiger partial charge >= 0.3 is 12.1 Å². The zero-order chi connectivity index (χ0) is 26.0. The number of esters is 1. The molecule has 10 nitrogen and oxygen atoms in total. The number of anilines is 1. The van der Waals surface area contributed by atoms with Crippen LogP contribution >= 0.6 is 11.3 Å². The number of azo groups is 1. The van der Waals surface area contributed by atoms with Crippen molar-refractivity contribution >= 4 is 40.1 Å². The lowest BCUT2D eigenvalue weighted by molar-refractivity contribution is -0.146. The minimum absolute atomic E-state index is 0.0873. The predicted octanol–water partition coefficient (Wildman–Crippen LogP) is 4.95. The Balaban J connectivity index is 1.59. The summed E-state index contributed by atoms with van der Waals surface area (Å²) in [5, 5.41) is 10.3. The summed E-state index contributed by atoms with van der Waals surface area (Å²) in [5.41, 5.74) is 1.35. The molecule has 1 saturated heterocycles. The van der Waals surface area contributed by atoms with E-state index in [1.165, 1.54) is 27.3 Å². The fraction of sp³-hybridized carbons (Fsp3) is 0.308. The number of amides is 2. The second-order valence-electron chi connectivity index (χ2n) is 8.09. The number of aromatic nitrogens is 1. The van der Waals surface area contributed by atoms with Crippen LogP contribution in [0, 0.1) is 0 Å². The van der Waals surface area contributed by atoms with Crippen molar-refractivity contribution < 1.29 is 23.9 Å². The number of ether oxygens (including phenoxy) is 2. The third-order valence-electron chi connectivity index (χ3n) is 5.62. The van der Waals surface area contributed by atoms with Gasteiger partial charge in [-0.25, -0.2) is 14.6 Å². The Morgan fingerprint density at radius 3 is 2.51 bits per heavy atom. The number of carbonyl (C=O) groups excluding carboxylic acids is 3. The first kappa shape index (κ1) is 26.0. The van der Waals surface area contributed by atoms with E-state index in [2.05, 4.69) is 15.2 Å². The molecule has 2 heterocycles. The molecule has 4 rings (SSSR count). The number of rotatable bonds is 9. The summed E-state index contributed by atoms with van der Waals surface area (Å²) in [6.45, 7) is 2.20. The third kappa shape index (κ3) is 6.56. The van der Waals surface area contributed by atoms with Crippen LogP contribution in [0.2, 0.25) is 0 Å². The van der Waals surface area contributed by atoms with Crippen LogP contribution in [-0.4, -0.2) is 53.2 Å². The molecule has 0 spiro atoms. The number of benzene rings is 2. The molecule has 11 heteroatoms. The molecule has 0 N–H and O–H groups in total. The van der Waals surface area contributed by atoms with Crippen LogP contribution in [-0.2, 0) is 25.7 Å². The van der Waals surface area contributed by atoms with Gasteiger partial charge in [0.1, 0.15) is 12.6 Å². The lowest BCUT2D eigenvalue weighted by Gasteiger charge is -2.30. The molecule has 192 valence electrons. The van der Waals surface area contributed by atoms with Gasteiger partial charge in [0.2, 0.25) is 6.17 Å². The molecule has 0 aliphatic carbocycles. The van der Waals surface area contributed by atoms with Gasteiger partial charge in [0.05, 0.1) is 12.3 Å². The Morgan fingerprint density at radius 2 is 1.84 bits per heavy atom. The number of carbonyl (C=O) groups is 3. The Bertz CT molecular complexity index is 1210. The fourth-order valence-corrected chi connectivity index (χ4v) is 4.56. The van der Waals surface area contributed by atoms with Crippen LogP contribution in [0.5, 0.6) is 0 Å². The maximum Gasteiger partial charge on any atom is 0.410 e. The van der Waals surface area contributed by atoms with Crippen LogP contribution in [0.4, 0.5) is 15.6 Å².